The third-order valence-electron chi connectivity index (χ3n) is 4.73. The lowest BCUT2D eigenvalue weighted by Gasteiger charge is -2.08. The zero-order valence-electron chi connectivity index (χ0n) is 16.2. The molecule has 9 heteroatoms. The number of pyridine rings is 2. The number of amides is 1. The molecule has 0 bridgehead atoms. The lowest BCUT2D eigenvalue weighted by atomic mass is 10.0. The van der Waals surface area contributed by atoms with Crippen molar-refractivity contribution in [2.24, 2.45) is 5.73 Å². The molecule has 6 N–H and O–H groups in total. The first kappa shape index (κ1) is 19.3. The van der Waals surface area contributed by atoms with E-state index < -0.39 is 5.91 Å². The van der Waals surface area contributed by atoms with Crippen LogP contribution in [0.5, 0.6) is 5.88 Å². The smallest absolute Gasteiger partial charge is 0.269 e. The second kappa shape index (κ2) is 7.80. The molecule has 0 saturated heterocycles. The molecule has 0 aliphatic heterocycles. The van der Waals surface area contributed by atoms with Crippen molar-refractivity contribution in [3.63, 3.8) is 0 Å². The highest BCUT2D eigenvalue weighted by molar-refractivity contribution is 6.20. The molecule has 0 radical (unpaired) electrons. The number of anilines is 1. The number of rotatable bonds is 7. The van der Waals surface area contributed by atoms with E-state index in [4.69, 9.17) is 26.4 Å². The number of nitrogens with zero attached hydrogens (tertiary/aromatic N) is 2. The van der Waals surface area contributed by atoms with Crippen LogP contribution in [-0.4, -0.2) is 47.4 Å². The Bertz CT molecular complexity index is 1280. The second-order valence-electron chi connectivity index (χ2n) is 6.61. The summed E-state index contributed by atoms with van der Waals surface area (Å²) in [7, 11) is 1.59. The molecule has 0 fully saturated rings. The minimum atomic E-state index is -0.676. The Morgan fingerprint density at radius 2 is 2.03 bits per heavy atom. The summed E-state index contributed by atoms with van der Waals surface area (Å²) >= 11 is 0. The lowest BCUT2D eigenvalue weighted by Crippen LogP contribution is -2.14. The molecular weight excluding hydrogens is 384 g/mol. The molecule has 9 nitrogen and oxygen atoms in total. The van der Waals surface area contributed by atoms with Gasteiger partial charge >= 0.3 is 0 Å². The van der Waals surface area contributed by atoms with Gasteiger partial charge in [-0.25, -0.2) is 9.97 Å². The molecule has 3 heterocycles. The van der Waals surface area contributed by atoms with E-state index in [-0.39, 0.29) is 5.69 Å². The van der Waals surface area contributed by atoms with E-state index in [0.717, 1.165) is 10.9 Å². The van der Waals surface area contributed by atoms with Crippen molar-refractivity contribution in [2.45, 2.75) is 0 Å². The topological polar surface area (TPSA) is 153 Å². The summed E-state index contributed by atoms with van der Waals surface area (Å²) in [6.07, 6.45) is 1.19. The van der Waals surface area contributed by atoms with Crippen LogP contribution in [0.4, 0.5) is 5.69 Å². The number of nitrogens with two attached hydrogens (primary N) is 2. The Balaban J connectivity index is 1.94. The SMILES string of the molecule is COCCOc1cccc(-c2cc3c([nH]c4ccc(N)c(C=N)c43)c(C(N)=O)n2)n1. The van der Waals surface area contributed by atoms with E-state index in [1.165, 1.54) is 6.21 Å². The van der Waals surface area contributed by atoms with Crippen molar-refractivity contribution in [3.8, 4) is 17.3 Å². The lowest BCUT2D eigenvalue weighted by molar-refractivity contribution is 0.0997. The average molecular weight is 404 g/mol. The summed E-state index contributed by atoms with van der Waals surface area (Å²) in [4.78, 5) is 24.2. The zero-order valence-corrected chi connectivity index (χ0v) is 16.2. The highest BCUT2D eigenvalue weighted by Crippen LogP contribution is 2.34. The van der Waals surface area contributed by atoms with Crippen molar-refractivity contribution in [3.05, 3.63) is 47.7 Å². The Kier molecular flexibility index (Phi) is 5.03. The van der Waals surface area contributed by atoms with E-state index in [1.807, 2.05) is 0 Å². The van der Waals surface area contributed by atoms with Gasteiger partial charge in [-0.05, 0) is 24.3 Å². The normalized spacial score (nSPS) is 11.1. The van der Waals surface area contributed by atoms with Crippen LogP contribution in [0.2, 0.25) is 0 Å². The summed E-state index contributed by atoms with van der Waals surface area (Å²) in [6, 6.07) is 10.6. The molecule has 30 heavy (non-hydrogen) atoms. The third-order valence-corrected chi connectivity index (χ3v) is 4.73. The van der Waals surface area contributed by atoms with Gasteiger partial charge in [0.1, 0.15) is 6.61 Å². The van der Waals surface area contributed by atoms with E-state index in [0.29, 0.717) is 52.6 Å². The Morgan fingerprint density at radius 1 is 1.20 bits per heavy atom. The average Bonchev–Trinajstić information content (AvgIpc) is 3.12. The minimum absolute atomic E-state index is 0.0840. The largest absolute Gasteiger partial charge is 0.475 e. The van der Waals surface area contributed by atoms with Gasteiger partial charge in [-0.2, -0.15) is 0 Å². The number of hydrogen-bond acceptors (Lipinski definition) is 7. The van der Waals surface area contributed by atoms with Crippen molar-refractivity contribution in [2.75, 3.05) is 26.1 Å². The molecule has 3 aromatic heterocycles. The number of fused-ring (bicyclic) bond motifs is 3. The van der Waals surface area contributed by atoms with Crippen LogP contribution in [-0.2, 0) is 4.74 Å². The van der Waals surface area contributed by atoms with E-state index in [2.05, 4.69) is 15.0 Å². The van der Waals surface area contributed by atoms with Crippen LogP contribution in [0.15, 0.2) is 36.4 Å². The fraction of sp³-hybridized carbons (Fsp3) is 0.143. The predicted octanol–water partition coefficient (Wildman–Crippen LogP) is 2.48. The van der Waals surface area contributed by atoms with Crippen molar-refractivity contribution < 1.29 is 14.3 Å². The number of methoxy groups -OCH3 is 1. The number of primary amides is 1. The number of H-pyrrole nitrogens is 1. The van der Waals surface area contributed by atoms with Crippen LogP contribution in [0.1, 0.15) is 16.1 Å². The van der Waals surface area contributed by atoms with Crippen LogP contribution in [0.3, 0.4) is 0 Å². The summed E-state index contributed by atoms with van der Waals surface area (Å²) < 4.78 is 10.6. The van der Waals surface area contributed by atoms with Gasteiger partial charge in [-0.3, -0.25) is 4.79 Å². The number of nitrogens with one attached hydrogen (secondary N) is 2. The minimum Gasteiger partial charge on any atom is -0.475 e. The van der Waals surface area contributed by atoms with E-state index >= 15 is 0 Å². The van der Waals surface area contributed by atoms with Gasteiger partial charge in [0.05, 0.1) is 23.5 Å². The van der Waals surface area contributed by atoms with Gasteiger partial charge in [0.2, 0.25) is 5.88 Å². The number of benzene rings is 1. The van der Waals surface area contributed by atoms with Crippen LogP contribution >= 0.6 is 0 Å². The molecule has 152 valence electrons. The summed E-state index contributed by atoms with van der Waals surface area (Å²) in [6.45, 7) is 0.793. The first-order chi connectivity index (χ1) is 14.5. The van der Waals surface area contributed by atoms with Crippen molar-refractivity contribution >= 4 is 39.6 Å². The number of nitrogen functional groups attached to an aromatic ring is 1. The van der Waals surface area contributed by atoms with Gasteiger partial charge in [0.15, 0.2) is 5.69 Å². The quantitative estimate of drug-likeness (QED) is 0.211. The van der Waals surface area contributed by atoms with Gasteiger partial charge in [0, 0.05) is 46.9 Å². The van der Waals surface area contributed by atoms with Gasteiger partial charge < -0.3 is 31.3 Å². The maximum absolute atomic E-state index is 12.1. The molecule has 0 aliphatic carbocycles. The molecule has 0 unspecified atom stereocenters. The molecule has 1 aromatic carbocycles. The second-order valence-corrected chi connectivity index (χ2v) is 6.61. The first-order valence-corrected chi connectivity index (χ1v) is 9.18. The zero-order chi connectivity index (χ0) is 21.3. The summed E-state index contributed by atoms with van der Waals surface area (Å²) in [5.41, 5.74) is 15.0. The molecule has 0 atom stereocenters. The van der Waals surface area contributed by atoms with Crippen molar-refractivity contribution in [1.82, 2.24) is 15.0 Å². The van der Waals surface area contributed by atoms with Crippen molar-refractivity contribution in [1.29, 1.82) is 5.41 Å². The number of carbonyl (C=O) groups is 1. The highest BCUT2D eigenvalue weighted by Gasteiger charge is 2.19. The fourth-order valence-electron chi connectivity index (χ4n) is 3.37. The van der Waals surface area contributed by atoms with Crippen LogP contribution in [0.25, 0.3) is 33.2 Å². The monoisotopic (exact) mass is 404 g/mol. The highest BCUT2D eigenvalue weighted by atomic mass is 16.5. The van der Waals surface area contributed by atoms with Gasteiger partial charge in [-0.1, -0.05) is 6.07 Å². The number of aromatic amines is 1. The summed E-state index contributed by atoms with van der Waals surface area (Å²) in [5, 5.41) is 9.18. The first-order valence-electron chi connectivity index (χ1n) is 9.18. The molecule has 0 aliphatic rings. The number of aromatic nitrogens is 3. The number of hydrogen-bond donors (Lipinski definition) is 4. The molecule has 0 spiro atoms. The molecule has 4 aromatic rings. The Morgan fingerprint density at radius 3 is 2.77 bits per heavy atom. The maximum atomic E-state index is 12.1. The van der Waals surface area contributed by atoms with E-state index in [9.17, 15) is 4.79 Å². The Hall–Kier alpha value is -3.98. The number of ether oxygens (including phenoxy) is 2. The van der Waals surface area contributed by atoms with Crippen LogP contribution in [0, 0.1) is 5.41 Å². The molecule has 4 rings (SSSR count). The summed E-state index contributed by atoms with van der Waals surface area (Å²) in [5.74, 6) is -0.263. The predicted molar refractivity (Wildman–Crippen MR) is 115 cm³/mol. The standard InChI is InChI=1S/C21H20N6O3/c1-29-7-8-30-17-4-2-3-14(25-17)16-9-11-18-12(10-22)13(23)5-6-15(18)26-19(11)20(27-16)21(24)28/h2-6,9-10,22,26H,7-8,23H2,1H3,(H2,24,28). The van der Waals surface area contributed by atoms with Gasteiger partial charge in [-0.15, -0.1) is 0 Å². The molecule has 0 saturated carbocycles. The van der Waals surface area contributed by atoms with Gasteiger partial charge in [0.25, 0.3) is 5.91 Å². The van der Waals surface area contributed by atoms with E-state index in [1.54, 1.807) is 43.5 Å². The fourth-order valence-corrected chi connectivity index (χ4v) is 3.37. The Labute approximate surface area is 171 Å². The third kappa shape index (κ3) is 3.31. The van der Waals surface area contributed by atoms with Crippen LogP contribution < -0.4 is 16.2 Å². The number of carbonyl (C=O) groups excluding carboxylic acids is 1. The maximum Gasteiger partial charge on any atom is 0.269 e. The molecule has 1 amide bonds. The molecular formula is C21H20N6O3.